The van der Waals surface area contributed by atoms with E-state index >= 15 is 0 Å². The molecule has 0 saturated heterocycles. The van der Waals surface area contributed by atoms with Crippen LogP contribution in [-0.2, 0) is 23.3 Å². The van der Waals surface area contributed by atoms with Crippen LogP contribution in [0, 0.1) is 11.7 Å². The Kier molecular flexibility index (Phi) is 5.21. The number of nitrogens with zero attached hydrogens (tertiary/aromatic N) is 1. The molecule has 0 unspecified atom stereocenters. The van der Waals surface area contributed by atoms with E-state index in [1.54, 1.807) is 13.2 Å². The molecule has 2 atom stereocenters. The van der Waals surface area contributed by atoms with Crippen LogP contribution in [0.15, 0.2) is 36.4 Å². The fourth-order valence-corrected chi connectivity index (χ4v) is 4.36. The van der Waals surface area contributed by atoms with Crippen LogP contribution in [0.2, 0.25) is 0 Å². The number of hydrogen-bond acceptors (Lipinski definition) is 4. The highest BCUT2D eigenvalue weighted by molar-refractivity contribution is 5.85. The first-order valence-corrected chi connectivity index (χ1v) is 9.94. The second-order valence-corrected chi connectivity index (χ2v) is 8.25. The number of methoxy groups -OCH3 is 1. The third-order valence-electron chi connectivity index (χ3n) is 5.98. The minimum atomic E-state index is -0.220. The standard InChI is InChI=1S/C23H27FN2O3/c1-26(2)14-16-10-15(4-6-20(16)24)13-25-22(27)19-12-23(19)8-9-29-21-7-5-17(28-3)11-18(21)23/h4-7,10-11,19H,8-9,12-14H2,1-3H3,(H,25,27)/t19-,23-/m1/s1. The lowest BCUT2D eigenvalue weighted by Crippen LogP contribution is -2.30. The van der Waals surface area contributed by atoms with Crippen LogP contribution in [0.3, 0.4) is 0 Å². The Balaban J connectivity index is 1.44. The molecule has 29 heavy (non-hydrogen) atoms. The molecule has 6 heteroatoms. The molecule has 1 aliphatic carbocycles. The maximum Gasteiger partial charge on any atom is 0.224 e. The van der Waals surface area contributed by atoms with Crippen molar-refractivity contribution in [3.63, 3.8) is 0 Å². The molecule has 2 aliphatic rings. The van der Waals surface area contributed by atoms with E-state index < -0.39 is 0 Å². The maximum absolute atomic E-state index is 14.0. The Morgan fingerprint density at radius 2 is 2.14 bits per heavy atom. The van der Waals surface area contributed by atoms with Gasteiger partial charge < -0.3 is 19.7 Å². The van der Waals surface area contributed by atoms with E-state index in [0.29, 0.717) is 25.3 Å². The van der Waals surface area contributed by atoms with Crippen molar-refractivity contribution in [3.8, 4) is 11.5 Å². The van der Waals surface area contributed by atoms with Gasteiger partial charge in [0.1, 0.15) is 17.3 Å². The van der Waals surface area contributed by atoms with Crippen LogP contribution in [0.1, 0.15) is 29.5 Å². The van der Waals surface area contributed by atoms with Crippen molar-refractivity contribution >= 4 is 5.91 Å². The van der Waals surface area contributed by atoms with Gasteiger partial charge in [0.2, 0.25) is 5.91 Å². The molecule has 2 aromatic carbocycles. The van der Waals surface area contributed by atoms with Gasteiger partial charge in [-0.15, -0.1) is 0 Å². The normalized spacial score (nSPS) is 22.2. The van der Waals surface area contributed by atoms with Gasteiger partial charge in [0.05, 0.1) is 13.7 Å². The van der Waals surface area contributed by atoms with Crippen molar-refractivity contribution in [2.75, 3.05) is 27.8 Å². The zero-order valence-corrected chi connectivity index (χ0v) is 17.1. The number of carbonyl (C=O) groups is 1. The molecule has 1 N–H and O–H groups in total. The number of fused-ring (bicyclic) bond motifs is 2. The summed E-state index contributed by atoms with van der Waals surface area (Å²) < 4.78 is 25.1. The van der Waals surface area contributed by atoms with Crippen molar-refractivity contribution in [3.05, 3.63) is 58.9 Å². The molecule has 5 nitrogen and oxygen atoms in total. The van der Waals surface area contributed by atoms with Crippen molar-refractivity contribution in [1.82, 2.24) is 10.2 Å². The van der Waals surface area contributed by atoms with Crippen molar-refractivity contribution in [1.29, 1.82) is 0 Å². The zero-order valence-electron chi connectivity index (χ0n) is 17.1. The quantitative estimate of drug-likeness (QED) is 0.812. The second-order valence-electron chi connectivity index (χ2n) is 8.25. The number of halogens is 1. The summed E-state index contributed by atoms with van der Waals surface area (Å²) in [4.78, 5) is 14.8. The van der Waals surface area contributed by atoms with Gasteiger partial charge in [-0.25, -0.2) is 4.39 Å². The van der Waals surface area contributed by atoms with Crippen LogP contribution in [-0.4, -0.2) is 38.6 Å². The minimum absolute atomic E-state index is 0.0409. The molecule has 0 radical (unpaired) electrons. The first-order chi connectivity index (χ1) is 13.9. The van der Waals surface area contributed by atoms with E-state index in [1.807, 2.05) is 43.3 Å². The van der Waals surface area contributed by atoms with E-state index in [4.69, 9.17) is 9.47 Å². The first-order valence-electron chi connectivity index (χ1n) is 9.94. The lowest BCUT2D eigenvalue weighted by atomic mass is 9.87. The van der Waals surface area contributed by atoms with Crippen molar-refractivity contribution < 1.29 is 18.7 Å². The van der Waals surface area contributed by atoms with E-state index in [-0.39, 0.29) is 23.1 Å². The number of carbonyl (C=O) groups excluding carboxylic acids is 1. The van der Waals surface area contributed by atoms with Gasteiger partial charge in [0, 0.05) is 35.5 Å². The topological polar surface area (TPSA) is 50.8 Å². The number of benzene rings is 2. The molecule has 1 saturated carbocycles. The van der Waals surface area contributed by atoms with Gasteiger partial charge >= 0.3 is 0 Å². The van der Waals surface area contributed by atoms with Gasteiger partial charge in [-0.1, -0.05) is 6.07 Å². The summed E-state index contributed by atoms with van der Waals surface area (Å²) in [7, 11) is 5.45. The molecule has 1 heterocycles. The number of amides is 1. The van der Waals surface area contributed by atoms with Gasteiger partial charge in [0.15, 0.2) is 0 Å². The van der Waals surface area contributed by atoms with E-state index in [2.05, 4.69) is 5.32 Å². The predicted octanol–water partition coefficient (Wildman–Crippen LogP) is 3.25. The van der Waals surface area contributed by atoms with E-state index in [0.717, 1.165) is 35.5 Å². The molecule has 2 aromatic rings. The van der Waals surface area contributed by atoms with E-state index in [1.165, 1.54) is 6.07 Å². The summed E-state index contributed by atoms with van der Waals surface area (Å²) in [6, 6.07) is 10.8. The van der Waals surface area contributed by atoms with Crippen LogP contribution < -0.4 is 14.8 Å². The number of nitrogens with one attached hydrogen (secondary N) is 1. The number of rotatable bonds is 6. The first kappa shape index (κ1) is 19.7. The Bertz CT molecular complexity index is 930. The lowest BCUT2D eigenvalue weighted by molar-refractivity contribution is -0.123. The minimum Gasteiger partial charge on any atom is -0.497 e. The summed E-state index contributed by atoms with van der Waals surface area (Å²) in [6.07, 6.45) is 1.65. The Morgan fingerprint density at radius 1 is 1.31 bits per heavy atom. The van der Waals surface area contributed by atoms with Crippen LogP contribution >= 0.6 is 0 Å². The lowest BCUT2D eigenvalue weighted by Gasteiger charge is -2.27. The third kappa shape index (κ3) is 3.81. The second kappa shape index (κ2) is 7.67. The molecular formula is C23H27FN2O3. The molecule has 4 rings (SSSR count). The van der Waals surface area contributed by atoms with Crippen molar-refractivity contribution in [2.24, 2.45) is 5.92 Å². The number of ether oxygens (including phenoxy) is 2. The highest BCUT2D eigenvalue weighted by Gasteiger charge is 2.61. The molecule has 1 aliphatic heterocycles. The summed E-state index contributed by atoms with van der Waals surface area (Å²) in [5.74, 6) is 1.37. The Hall–Kier alpha value is -2.60. The highest BCUT2D eigenvalue weighted by Crippen LogP contribution is 2.61. The Morgan fingerprint density at radius 3 is 2.90 bits per heavy atom. The molecule has 1 fully saturated rings. The molecule has 0 aromatic heterocycles. The fraction of sp³-hybridized carbons (Fsp3) is 0.435. The molecule has 0 bridgehead atoms. The van der Waals surface area contributed by atoms with Gasteiger partial charge in [-0.2, -0.15) is 0 Å². The SMILES string of the molecule is COc1ccc2c(c1)[C@@]1(CCO2)C[C@@H]1C(=O)NCc1ccc(F)c(CN(C)C)c1. The average Bonchev–Trinajstić information content (AvgIpc) is 3.42. The Labute approximate surface area is 170 Å². The van der Waals surface area contributed by atoms with E-state index in [9.17, 15) is 9.18 Å². The third-order valence-corrected chi connectivity index (χ3v) is 5.98. The van der Waals surface area contributed by atoms with Gasteiger partial charge in [-0.3, -0.25) is 4.79 Å². The van der Waals surface area contributed by atoms with Crippen LogP contribution in [0.4, 0.5) is 4.39 Å². The smallest absolute Gasteiger partial charge is 0.224 e. The molecule has 1 spiro atoms. The predicted molar refractivity (Wildman–Crippen MR) is 109 cm³/mol. The largest absolute Gasteiger partial charge is 0.497 e. The van der Waals surface area contributed by atoms with Gasteiger partial charge in [0.25, 0.3) is 0 Å². The summed E-state index contributed by atoms with van der Waals surface area (Å²) in [5.41, 5.74) is 2.44. The summed E-state index contributed by atoms with van der Waals surface area (Å²) >= 11 is 0. The summed E-state index contributed by atoms with van der Waals surface area (Å²) in [6.45, 7) is 1.54. The monoisotopic (exact) mass is 398 g/mol. The van der Waals surface area contributed by atoms with Crippen LogP contribution in [0.25, 0.3) is 0 Å². The molecule has 154 valence electrons. The number of hydrogen-bond donors (Lipinski definition) is 1. The van der Waals surface area contributed by atoms with Gasteiger partial charge in [-0.05, 0) is 62.8 Å². The highest BCUT2D eigenvalue weighted by atomic mass is 19.1. The zero-order chi connectivity index (χ0) is 20.6. The fourth-order valence-electron chi connectivity index (χ4n) is 4.36. The maximum atomic E-state index is 14.0. The summed E-state index contributed by atoms with van der Waals surface area (Å²) in [5, 5.41) is 3.04. The van der Waals surface area contributed by atoms with Crippen molar-refractivity contribution in [2.45, 2.75) is 31.3 Å². The molecular weight excluding hydrogens is 371 g/mol. The average molecular weight is 398 g/mol. The molecule has 1 amide bonds. The van der Waals surface area contributed by atoms with Crippen LogP contribution in [0.5, 0.6) is 11.5 Å².